The fourth-order valence-electron chi connectivity index (χ4n) is 4.17. The first-order valence-electron chi connectivity index (χ1n) is 10.6. The monoisotopic (exact) mass is 394 g/mol. The summed E-state index contributed by atoms with van der Waals surface area (Å²) in [4.78, 5) is 0. The summed E-state index contributed by atoms with van der Waals surface area (Å²) in [6.07, 6.45) is 12.1. The van der Waals surface area contributed by atoms with E-state index < -0.39 is 7.22 Å². The number of rotatable bonds is 12. The van der Waals surface area contributed by atoms with Gasteiger partial charge < -0.3 is 0 Å². The second-order valence-corrected chi connectivity index (χ2v) is 17.9. The molecular formula is C24H46SSi. The van der Waals surface area contributed by atoms with Crippen LogP contribution in [0.3, 0.4) is 0 Å². The third-order valence-corrected chi connectivity index (χ3v) is 18.1. The highest BCUT2D eigenvalue weighted by molar-refractivity contribution is 8.29. The predicted molar refractivity (Wildman–Crippen MR) is 129 cm³/mol. The predicted octanol–water partition coefficient (Wildman–Crippen LogP) is 9.31. The van der Waals surface area contributed by atoms with Crippen LogP contribution in [0.15, 0.2) is 34.9 Å². The van der Waals surface area contributed by atoms with E-state index in [1.54, 1.807) is 5.57 Å². The van der Waals surface area contributed by atoms with Crippen LogP contribution in [0.25, 0.3) is 0 Å². The molecular weight excluding hydrogens is 348 g/mol. The minimum atomic E-state index is -1.31. The van der Waals surface area contributed by atoms with Crippen LogP contribution < -0.4 is 0 Å². The number of hydrogen-bond donors (Lipinski definition) is 0. The maximum absolute atomic E-state index is 2.51. The van der Waals surface area contributed by atoms with Crippen molar-refractivity contribution < 1.29 is 0 Å². The lowest BCUT2D eigenvalue weighted by Gasteiger charge is -2.42. The van der Waals surface area contributed by atoms with Gasteiger partial charge in [-0.05, 0) is 70.0 Å². The molecule has 0 radical (unpaired) electrons. The Hall–Kier alpha value is -0.213. The Morgan fingerprint density at radius 3 is 1.54 bits per heavy atom. The lowest BCUT2D eigenvalue weighted by atomic mass is 10.1. The highest BCUT2D eigenvalue weighted by atomic mass is 32.4. The fourth-order valence-corrected chi connectivity index (χ4v) is 13.9. The van der Waals surface area contributed by atoms with Crippen LogP contribution in [0.4, 0.5) is 0 Å². The van der Waals surface area contributed by atoms with Crippen LogP contribution in [-0.4, -0.2) is 13.0 Å². The summed E-state index contributed by atoms with van der Waals surface area (Å²) < 4.78 is 0. The highest BCUT2D eigenvalue weighted by Gasteiger charge is 2.42. The van der Waals surface area contributed by atoms with E-state index in [9.17, 15) is 0 Å². The Morgan fingerprint density at radius 2 is 1.12 bits per heavy atom. The van der Waals surface area contributed by atoms with Crippen LogP contribution in [0, 0.1) is 0 Å². The van der Waals surface area contributed by atoms with Gasteiger partial charge in [0.05, 0.1) is 0 Å². The molecule has 0 aromatic heterocycles. The molecule has 0 aliphatic rings. The molecule has 26 heavy (non-hydrogen) atoms. The van der Waals surface area contributed by atoms with Gasteiger partial charge in [0.25, 0.3) is 0 Å². The van der Waals surface area contributed by atoms with Crippen molar-refractivity contribution in [3.63, 3.8) is 0 Å². The lowest BCUT2D eigenvalue weighted by Crippen LogP contribution is -2.41. The summed E-state index contributed by atoms with van der Waals surface area (Å²) in [7, 11) is -1.31. The molecule has 0 unspecified atom stereocenters. The summed E-state index contributed by atoms with van der Waals surface area (Å²) in [6, 6.07) is 0. The SMILES string of the molecule is CC(C)=CCC/C(C)=C/CC/C(C)=C/CS[Si](C(C)C)(C(C)C)C(C)C. The first kappa shape index (κ1) is 25.8. The van der Waals surface area contributed by atoms with Gasteiger partial charge in [-0.15, -0.1) is 0 Å². The molecule has 0 aromatic rings. The molecule has 152 valence electrons. The lowest BCUT2D eigenvalue weighted by molar-refractivity contribution is 0.851. The van der Waals surface area contributed by atoms with Gasteiger partial charge in [0.2, 0.25) is 0 Å². The van der Waals surface area contributed by atoms with Crippen molar-refractivity contribution in [1.29, 1.82) is 0 Å². The van der Waals surface area contributed by atoms with Crippen LogP contribution in [0.2, 0.25) is 16.6 Å². The number of allylic oxidation sites excluding steroid dienone is 5. The molecule has 2 heteroatoms. The molecule has 0 saturated carbocycles. The zero-order valence-electron chi connectivity index (χ0n) is 19.4. The van der Waals surface area contributed by atoms with E-state index in [0.29, 0.717) is 0 Å². The van der Waals surface area contributed by atoms with E-state index in [4.69, 9.17) is 0 Å². The average molecular weight is 395 g/mol. The zero-order valence-corrected chi connectivity index (χ0v) is 21.2. The van der Waals surface area contributed by atoms with Crippen molar-refractivity contribution in [2.75, 3.05) is 5.75 Å². The van der Waals surface area contributed by atoms with E-state index in [1.807, 2.05) is 0 Å². The van der Waals surface area contributed by atoms with Crippen LogP contribution in [-0.2, 0) is 0 Å². The smallest absolute Gasteiger partial charge is 0.125 e. The van der Waals surface area contributed by atoms with Crippen molar-refractivity contribution in [2.45, 2.75) is 112 Å². The van der Waals surface area contributed by atoms with Crippen molar-refractivity contribution >= 4 is 18.4 Å². The molecule has 0 heterocycles. The third-order valence-electron chi connectivity index (χ3n) is 5.59. The average Bonchev–Trinajstić information content (AvgIpc) is 2.50. The van der Waals surface area contributed by atoms with E-state index in [2.05, 4.69) is 98.7 Å². The molecule has 0 saturated heterocycles. The van der Waals surface area contributed by atoms with Gasteiger partial charge in [-0.2, -0.15) is 11.2 Å². The van der Waals surface area contributed by atoms with E-state index in [1.165, 1.54) is 42.6 Å². The minimum Gasteiger partial charge on any atom is -0.180 e. The maximum atomic E-state index is 2.51. The molecule has 0 N–H and O–H groups in total. The summed E-state index contributed by atoms with van der Waals surface area (Å²) in [6.45, 7) is 23.7. The van der Waals surface area contributed by atoms with Crippen LogP contribution >= 0.6 is 11.2 Å². The van der Waals surface area contributed by atoms with Crippen molar-refractivity contribution in [2.24, 2.45) is 0 Å². The Morgan fingerprint density at radius 1 is 0.692 bits per heavy atom. The number of hydrogen-bond acceptors (Lipinski definition) is 1. The minimum absolute atomic E-state index is 0.840. The molecule has 0 fully saturated rings. The van der Waals surface area contributed by atoms with E-state index in [0.717, 1.165) is 16.6 Å². The van der Waals surface area contributed by atoms with Gasteiger partial charge in [-0.3, -0.25) is 0 Å². The molecule has 0 bridgehead atoms. The molecule has 0 amide bonds. The van der Waals surface area contributed by atoms with Gasteiger partial charge in [0.15, 0.2) is 0 Å². The first-order valence-corrected chi connectivity index (χ1v) is 14.6. The quantitative estimate of drug-likeness (QED) is 0.234. The summed E-state index contributed by atoms with van der Waals surface area (Å²) in [5.74, 6) is 1.20. The Labute approximate surface area is 170 Å². The summed E-state index contributed by atoms with van der Waals surface area (Å²) in [5.41, 5.74) is 7.05. The van der Waals surface area contributed by atoms with E-state index in [-0.39, 0.29) is 0 Å². The van der Waals surface area contributed by atoms with Crippen LogP contribution in [0.5, 0.6) is 0 Å². The van der Waals surface area contributed by atoms with Gasteiger partial charge in [0.1, 0.15) is 7.22 Å². The molecule has 0 atom stereocenters. The molecule has 0 aliphatic heterocycles. The normalized spacial score (nSPS) is 13.9. The topological polar surface area (TPSA) is 0 Å². The first-order chi connectivity index (χ1) is 12.0. The molecule has 0 spiro atoms. The second-order valence-electron chi connectivity index (χ2n) is 9.09. The molecule has 0 aliphatic carbocycles. The molecule has 0 rings (SSSR count). The van der Waals surface area contributed by atoms with Crippen molar-refractivity contribution in [3.8, 4) is 0 Å². The second kappa shape index (κ2) is 13.0. The standard InChI is InChI=1S/C24H46SSi/c1-19(2)13-11-14-23(9)15-12-16-24(10)17-18-25-26(20(3)4,21(5)6)22(7)8/h13,15,17,20-22H,11-12,14,16,18H2,1-10H3/b23-15+,24-17+. The van der Waals surface area contributed by atoms with Crippen molar-refractivity contribution in [3.05, 3.63) is 34.9 Å². The zero-order chi connectivity index (χ0) is 20.3. The molecule has 0 aromatic carbocycles. The highest BCUT2D eigenvalue weighted by Crippen LogP contribution is 2.49. The van der Waals surface area contributed by atoms with Gasteiger partial charge in [-0.25, -0.2) is 0 Å². The maximum Gasteiger partial charge on any atom is 0.125 e. The van der Waals surface area contributed by atoms with Gasteiger partial charge in [-0.1, -0.05) is 76.5 Å². The Kier molecular flexibility index (Phi) is 12.9. The largest absolute Gasteiger partial charge is 0.180 e. The Bertz CT molecular complexity index is 455. The summed E-state index contributed by atoms with van der Waals surface area (Å²) >= 11 is 2.32. The van der Waals surface area contributed by atoms with Gasteiger partial charge in [0, 0.05) is 5.75 Å². The summed E-state index contributed by atoms with van der Waals surface area (Å²) in [5, 5.41) is 0. The van der Waals surface area contributed by atoms with Crippen molar-refractivity contribution in [1.82, 2.24) is 0 Å². The fraction of sp³-hybridized carbons (Fsp3) is 0.750. The molecule has 0 nitrogen and oxygen atoms in total. The third kappa shape index (κ3) is 9.13. The van der Waals surface area contributed by atoms with E-state index >= 15 is 0 Å². The van der Waals surface area contributed by atoms with Gasteiger partial charge >= 0.3 is 0 Å². The van der Waals surface area contributed by atoms with Crippen LogP contribution in [0.1, 0.15) is 94.9 Å². The Balaban J connectivity index is 4.54.